The maximum atomic E-state index is 13.6. The second kappa shape index (κ2) is 11.4. The van der Waals surface area contributed by atoms with Crippen molar-refractivity contribution in [2.75, 3.05) is 33.4 Å². The lowest BCUT2D eigenvalue weighted by Crippen LogP contribution is -2.53. The van der Waals surface area contributed by atoms with Crippen LogP contribution in [0.4, 0.5) is 4.39 Å². The van der Waals surface area contributed by atoms with Crippen molar-refractivity contribution in [3.8, 4) is 5.75 Å². The quantitative estimate of drug-likeness (QED) is 0.537. The van der Waals surface area contributed by atoms with Gasteiger partial charge in [-0.05, 0) is 55.2 Å². The van der Waals surface area contributed by atoms with Gasteiger partial charge in [-0.1, -0.05) is 18.2 Å². The number of benzene rings is 2. The molecule has 184 valence electrons. The van der Waals surface area contributed by atoms with E-state index in [9.17, 15) is 22.4 Å². The molecule has 11 heteroatoms. The molecule has 0 aromatic heterocycles. The van der Waals surface area contributed by atoms with Crippen molar-refractivity contribution in [1.29, 1.82) is 0 Å². The number of nitrogens with one attached hydrogen (secondary N) is 2. The van der Waals surface area contributed by atoms with Crippen LogP contribution in [0.25, 0.3) is 0 Å². The van der Waals surface area contributed by atoms with Crippen LogP contribution in [0, 0.1) is 12.7 Å². The van der Waals surface area contributed by atoms with Crippen LogP contribution in [0.2, 0.25) is 0 Å². The van der Waals surface area contributed by atoms with Crippen LogP contribution in [-0.2, 0) is 30.8 Å². The highest BCUT2D eigenvalue weighted by Gasteiger charge is 2.35. The number of amides is 2. The lowest BCUT2D eigenvalue weighted by molar-refractivity contribution is -0.140. The zero-order valence-corrected chi connectivity index (χ0v) is 19.9. The van der Waals surface area contributed by atoms with Crippen molar-refractivity contribution in [3.63, 3.8) is 0 Å². The summed E-state index contributed by atoms with van der Waals surface area (Å²) in [4.78, 5) is 24.3. The first kappa shape index (κ1) is 25.6. The van der Waals surface area contributed by atoms with Crippen molar-refractivity contribution in [2.45, 2.75) is 30.9 Å². The summed E-state index contributed by atoms with van der Waals surface area (Å²) in [5.41, 5.74) is 1.09. The van der Waals surface area contributed by atoms with E-state index in [1.165, 1.54) is 19.1 Å². The molecule has 3 rings (SSSR count). The fourth-order valence-corrected chi connectivity index (χ4v) is 5.23. The van der Waals surface area contributed by atoms with Gasteiger partial charge in [-0.2, -0.15) is 4.31 Å². The maximum absolute atomic E-state index is 13.6. The summed E-state index contributed by atoms with van der Waals surface area (Å²) in [6, 6.07) is 10.9. The van der Waals surface area contributed by atoms with Crippen LogP contribution in [0.1, 0.15) is 17.5 Å². The number of aryl methyl sites for hydroxylation is 1. The Morgan fingerprint density at radius 1 is 1.18 bits per heavy atom. The highest BCUT2D eigenvalue weighted by molar-refractivity contribution is 7.89. The minimum absolute atomic E-state index is 0.0673. The first-order valence-corrected chi connectivity index (χ1v) is 12.3. The molecule has 1 saturated heterocycles. The lowest BCUT2D eigenvalue weighted by atomic mass is 10.1. The smallest absolute Gasteiger partial charge is 0.309 e. The monoisotopic (exact) mass is 493 g/mol. The number of methoxy groups -OCH3 is 1. The van der Waals surface area contributed by atoms with Crippen LogP contribution >= 0.6 is 0 Å². The van der Waals surface area contributed by atoms with E-state index in [0.717, 1.165) is 15.9 Å². The third kappa shape index (κ3) is 6.10. The molecule has 1 aliphatic heterocycles. The van der Waals surface area contributed by atoms with Gasteiger partial charge >= 0.3 is 11.8 Å². The van der Waals surface area contributed by atoms with Gasteiger partial charge in [-0.25, -0.2) is 12.8 Å². The van der Waals surface area contributed by atoms with Crippen LogP contribution < -0.4 is 15.4 Å². The molecule has 2 aromatic carbocycles. The van der Waals surface area contributed by atoms with E-state index in [4.69, 9.17) is 9.47 Å². The summed E-state index contributed by atoms with van der Waals surface area (Å²) >= 11 is 0. The van der Waals surface area contributed by atoms with Gasteiger partial charge in [0.25, 0.3) is 0 Å². The van der Waals surface area contributed by atoms with Gasteiger partial charge in [0.1, 0.15) is 17.8 Å². The molecule has 0 bridgehead atoms. The Labute approximate surface area is 198 Å². The molecule has 2 amide bonds. The van der Waals surface area contributed by atoms with E-state index in [2.05, 4.69) is 10.6 Å². The topological polar surface area (TPSA) is 114 Å². The number of ether oxygens (including phenoxy) is 2. The first-order chi connectivity index (χ1) is 16.2. The van der Waals surface area contributed by atoms with Crippen LogP contribution in [0.3, 0.4) is 0 Å². The van der Waals surface area contributed by atoms with Gasteiger partial charge in [0.2, 0.25) is 10.0 Å². The molecule has 1 fully saturated rings. The summed E-state index contributed by atoms with van der Waals surface area (Å²) in [6.45, 7) is 1.96. The molecular formula is C23H28FN3O6S. The number of nitrogens with zero attached hydrogens (tertiary/aromatic N) is 1. The Kier molecular flexibility index (Phi) is 8.59. The van der Waals surface area contributed by atoms with Crippen molar-refractivity contribution >= 4 is 21.8 Å². The first-order valence-electron chi connectivity index (χ1n) is 10.8. The molecule has 0 aliphatic carbocycles. The molecule has 1 aliphatic rings. The zero-order valence-electron chi connectivity index (χ0n) is 19.0. The average Bonchev–Trinajstić information content (AvgIpc) is 2.84. The molecule has 0 radical (unpaired) electrons. The summed E-state index contributed by atoms with van der Waals surface area (Å²) in [7, 11) is -2.44. The second-order valence-electron chi connectivity index (χ2n) is 7.73. The van der Waals surface area contributed by atoms with Gasteiger partial charge in [-0.15, -0.1) is 0 Å². The molecule has 0 spiro atoms. The Hall–Kier alpha value is -3.02. The number of carbonyl (C=O) groups excluding carboxylic acids is 2. The second-order valence-corrected chi connectivity index (χ2v) is 9.62. The van der Waals surface area contributed by atoms with Gasteiger partial charge in [0.05, 0.1) is 25.2 Å². The minimum Gasteiger partial charge on any atom is -0.496 e. The van der Waals surface area contributed by atoms with Crippen LogP contribution in [0.15, 0.2) is 47.4 Å². The van der Waals surface area contributed by atoms with Crippen LogP contribution in [0.5, 0.6) is 5.75 Å². The molecule has 1 atom stereocenters. The molecule has 2 aromatic rings. The predicted molar refractivity (Wildman–Crippen MR) is 122 cm³/mol. The van der Waals surface area contributed by atoms with E-state index in [1.807, 2.05) is 18.2 Å². The molecule has 0 unspecified atom stereocenters. The van der Waals surface area contributed by atoms with Crippen LogP contribution in [-0.4, -0.2) is 64.1 Å². The molecule has 2 N–H and O–H groups in total. The summed E-state index contributed by atoms with van der Waals surface area (Å²) in [6.07, 6.45) is -0.0556. The van der Waals surface area contributed by atoms with Crippen molar-refractivity contribution in [1.82, 2.24) is 14.9 Å². The van der Waals surface area contributed by atoms with Gasteiger partial charge in [0.15, 0.2) is 0 Å². The SMILES string of the molecule is COc1ccccc1CCNC(=O)C(=O)NC[C@H]1OCCCN1S(=O)(=O)c1ccc(F)c(C)c1. The number of hydrogen-bond acceptors (Lipinski definition) is 6. The summed E-state index contributed by atoms with van der Waals surface area (Å²) in [5.74, 6) is -1.55. The Balaban J connectivity index is 1.56. The number of hydrogen-bond donors (Lipinski definition) is 2. The number of carbonyl (C=O) groups is 2. The Bertz CT molecular complexity index is 1140. The van der Waals surface area contributed by atoms with E-state index < -0.39 is 33.9 Å². The highest BCUT2D eigenvalue weighted by atomic mass is 32.2. The standard InChI is InChI=1S/C23H28FN3O6S/c1-16-14-18(8-9-19(16)24)34(30,31)27-12-5-13-33-21(27)15-26-23(29)22(28)25-11-10-17-6-3-4-7-20(17)32-2/h3-4,6-9,14,21H,5,10-13,15H2,1-2H3,(H,25,28)(H,26,29)/t21-/m1/s1. The van der Waals surface area contributed by atoms with E-state index in [1.54, 1.807) is 13.2 Å². The molecule has 0 saturated carbocycles. The fourth-order valence-electron chi connectivity index (χ4n) is 3.58. The average molecular weight is 494 g/mol. The summed E-state index contributed by atoms with van der Waals surface area (Å²) < 4.78 is 51.7. The molecule has 34 heavy (non-hydrogen) atoms. The van der Waals surface area contributed by atoms with E-state index in [0.29, 0.717) is 25.2 Å². The predicted octanol–water partition coefficient (Wildman–Crippen LogP) is 1.35. The lowest BCUT2D eigenvalue weighted by Gasteiger charge is -2.34. The third-order valence-electron chi connectivity index (χ3n) is 5.41. The van der Waals surface area contributed by atoms with Crippen molar-refractivity contribution < 1.29 is 31.9 Å². The van der Waals surface area contributed by atoms with Gasteiger partial charge in [-0.3, -0.25) is 9.59 Å². The number of halogens is 1. The fraction of sp³-hybridized carbons (Fsp3) is 0.391. The van der Waals surface area contributed by atoms with E-state index in [-0.39, 0.29) is 30.1 Å². The van der Waals surface area contributed by atoms with Gasteiger partial charge < -0.3 is 20.1 Å². The van der Waals surface area contributed by atoms with Crippen molar-refractivity contribution in [2.24, 2.45) is 0 Å². The summed E-state index contributed by atoms with van der Waals surface area (Å²) in [5, 5.41) is 4.96. The Morgan fingerprint density at radius 3 is 2.65 bits per heavy atom. The zero-order chi connectivity index (χ0) is 24.7. The molecule has 9 nitrogen and oxygen atoms in total. The normalized spacial score (nSPS) is 16.6. The largest absolute Gasteiger partial charge is 0.496 e. The number of rotatable bonds is 8. The molecule has 1 heterocycles. The maximum Gasteiger partial charge on any atom is 0.309 e. The number of sulfonamides is 1. The van der Waals surface area contributed by atoms with Crippen molar-refractivity contribution in [3.05, 3.63) is 59.4 Å². The number of para-hydroxylation sites is 1. The van der Waals surface area contributed by atoms with Gasteiger partial charge in [0, 0.05) is 13.1 Å². The molecular weight excluding hydrogens is 465 g/mol. The minimum atomic E-state index is -3.99. The Morgan fingerprint density at radius 2 is 1.91 bits per heavy atom. The third-order valence-corrected chi connectivity index (χ3v) is 7.29. The highest BCUT2D eigenvalue weighted by Crippen LogP contribution is 2.23. The van der Waals surface area contributed by atoms with E-state index >= 15 is 0 Å².